The highest BCUT2D eigenvalue weighted by Crippen LogP contribution is 2.30. The van der Waals surface area contributed by atoms with Crippen molar-refractivity contribution in [3.63, 3.8) is 0 Å². The number of rotatable bonds is 2. The number of nitrogens with two attached hydrogens (primary N) is 1. The van der Waals surface area contributed by atoms with Gasteiger partial charge < -0.3 is 5.73 Å². The topological polar surface area (TPSA) is 26.0 Å². The van der Waals surface area contributed by atoms with E-state index in [-0.39, 0.29) is 17.2 Å². The summed E-state index contributed by atoms with van der Waals surface area (Å²) in [5, 5.41) is 0. The SMILES string of the molecule is Cc1ccc(-c2cc(C)c([C@@H](C)N)cc2F)c(F)c1. The largest absolute Gasteiger partial charge is 0.324 e. The molecule has 2 N–H and O–H groups in total. The van der Waals surface area contributed by atoms with Crippen LogP contribution in [-0.4, -0.2) is 0 Å². The van der Waals surface area contributed by atoms with Crippen LogP contribution in [0.25, 0.3) is 11.1 Å². The Morgan fingerprint density at radius 2 is 1.58 bits per heavy atom. The molecular formula is C16H17F2N. The summed E-state index contributed by atoms with van der Waals surface area (Å²) in [6, 6.07) is 7.59. The summed E-state index contributed by atoms with van der Waals surface area (Å²) in [4.78, 5) is 0. The van der Waals surface area contributed by atoms with Crippen LogP contribution >= 0.6 is 0 Å². The molecule has 0 saturated carbocycles. The maximum absolute atomic E-state index is 14.1. The van der Waals surface area contributed by atoms with E-state index in [0.717, 1.165) is 16.7 Å². The minimum absolute atomic E-state index is 0.244. The Labute approximate surface area is 112 Å². The highest BCUT2D eigenvalue weighted by atomic mass is 19.1. The van der Waals surface area contributed by atoms with E-state index < -0.39 is 11.6 Å². The van der Waals surface area contributed by atoms with Gasteiger partial charge >= 0.3 is 0 Å². The van der Waals surface area contributed by atoms with Crippen molar-refractivity contribution in [2.75, 3.05) is 0 Å². The van der Waals surface area contributed by atoms with Crippen LogP contribution in [0.3, 0.4) is 0 Å². The van der Waals surface area contributed by atoms with Gasteiger partial charge in [0.05, 0.1) is 0 Å². The number of benzene rings is 2. The highest BCUT2D eigenvalue weighted by Gasteiger charge is 2.14. The van der Waals surface area contributed by atoms with Crippen molar-refractivity contribution in [1.82, 2.24) is 0 Å². The summed E-state index contributed by atoms with van der Waals surface area (Å²) in [6.07, 6.45) is 0. The van der Waals surface area contributed by atoms with Crippen LogP contribution in [0, 0.1) is 25.5 Å². The molecule has 0 heterocycles. The van der Waals surface area contributed by atoms with E-state index in [2.05, 4.69) is 0 Å². The van der Waals surface area contributed by atoms with Gasteiger partial charge in [-0.3, -0.25) is 0 Å². The van der Waals surface area contributed by atoms with E-state index in [1.807, 2.05) is 6.92 Å². The zero-order valence-corrected chi connectivity index (χ0v) is 11.3. The molecule has 0 bridgehead atoms. The van der Waals surface area contributed by atoms with Crippen molar-refractivity contribution in [3.8, 4) is 11.1 Å². The van der Waals surface area contributed by atoms with Gasteiger partial charge in [-0.15, -0.1) is 0 Å². The monoisotopic (exact) mass is 261 g/mol. The van der Waals surface area contributed by atoms with Gasteiger partial charge in [0, 0.05) is 17.2 Å². The van der Waals surface area contributed by atoms with Crippen molar-refractivity contribution in [3.05, 3.63) is 58.7 Å². The van der Waals surface area contributed by atoms with Gasteiger partial charge in [-0.05, 0) is 55.7 Å². The molecular weight excluding hydrogens is 244 g/mol. The lowest BCUT2D eigenvalue weighted by Crippen LogP contribution is -2.08. The van der Waals surface area contributed by atoms with Gasteiger partial charge in [0.2, 0.25) is 0 Å². The molecule has 0 amide bonds. The average molecular weight is 261 g/mol. The molecule has 100 valence electrons. The molecule has 0 aromatic heterocycles. The molecule has 2 rings (SSSR count). The van der Waals surface area contributed by atoms with Crippen LogP contribution in [0.1, 0.15) is 29.7 Å². The lowest BCUT2D eigenvalue weighted by Gasteiger charge is -2.13. The standard InChI is InChI=1S/C16H17F2N/c1-9-4-5-12(15(17)6-9)14-7-10(2)13(11(3)19)8-16(14)18/h4-8,11H,19H2,1-3H3/t11-/m1/s1. The van der Waals surface area contributed by atoms with Gasteiger partial charge in [0.15, 0.2) is 0 Å². The van der Waals surface area contributed by atoms with Gasteiger partial charge in [0.25, 0.3) is 0 Å². The molecule has 2 aromatic rings. The lowest BCUT2D eigenvalue weighted by atomic mass is 9.95. The average Bonchev–Trinajstić information content (AvgIpc) is 2.32. The molecule has 0 aliphatic heterocycles. The minimum atomic E-state index is -0.444. The summed E-state index contributed by atoms with van der Waals surface area (Å²) >= 11 is 0. The van der Waals surface area contributed by atoms with Crippen LogP contribution in [-0.2, 0) is 0 Å². The first-order valence-electron chi connectivity index (χ1n) is 6.22. The number of halogens is 2. The van der Waals surface area contributed by atoms with Crippen LogP contribution in [0.2, 0.25) is 0 Å². The summed E-state index contributed by atoms with van der Waals surface area (Å²) in [6.45, 7) is 5.45. The fourth-order valence-corrected chi connectivity index (χ4v) is 2.23. The minimum Gasteiger partial charge on any atom is -0.324 e. The van der Waals surface area contributed by atoms with Gasteiger partial charge in [-0.2, -0.15) is 0 Å². The second-order valence-corrected chi connectivity index (χ2v) is 4.96. The van der Waals surface area contributed by atoms with Crippen molar-refractivity contribution in [2.45, 2.75) is 26.8 Å². The quantitative estimate of drug-likeness (QED) is 0.858. The molecule has 0 spiro atoms. The van der Waals surface area contributed by atoms with E-state index >= 15 is 0 Å². The van der Waals surface area contributed by atoms with Gasteiger partial charge in [-0.1, -0.05) is 12.1 Å². The molecule has 0 fully saturated rings. The molecule has 1 atom stereocenters. The molecule has 1 nitrogen and oxygen atoms in total. The fraction of sp³-hybridized carbons (Fsp3) is 0.250. The molecule has 0 saturated heterocycles. The zero-order chi connectivity index (χ0) is 14.2. The maximum Gasteiger partial charge on any atom is 0.131 e. The summed E-state index contributed by atoms with van der Waals surface area (Å²) < 4.78 is 28.1. The van der Waals surface area contributed by atoms with Crippen LogP contribution in [0.5, 0.6) is 0 Å². The Morgan fingerprint density at radius 1 is 0.947 bits per heavy atom. The van der Waals surface area contributed by atoms with Gasteiger partial charge in [0.1, 0.15) is 11.6 Å². The molecule has 3 heteroatoms. The predicted octanol–water partition coefficient (Wildman–Crippen LogP) is 4.27. The van der Waals surface area contributed by atoms with Crippen LogP contribution < -0.4 is 5.73 Å². The number of hydrogen-bond acceptors (Lipinski definition) is 1. The normalized spacial score (nSPS) is 12.5. The smallest absolute Gasteiger partial charge is 0.131 e. The molecule has 0 aliphatic rings. The third-order valence-corrected chi connectivity index (χ3v) is 3.26. The van der Waals surface area contributed by atoms with E-state index in [4.69, 9.17) is 5.73 Å². The molecule has 2 aromatic carbocycles. The Bertz CT molecular complexity index is 618. The van der Waals surface area contributed by atoms with Crippen LogP contribution in [0.4, 0.5) is 8.78 Å². The number of hydrogen-bond donors (Lipinski definition) is 1. The third-order valence-electron chi connectivity index (χ3n) is 3.26. The zero-order valence-electron chi connectivity index (χ0n) is 11.3. The van der Waals surface area contributed by atoms with E-state index in [9.17, 15) is 8.78 Å². The summed E-state index contributed by atoms with van der Waals surface area (Å²) in [5.41, 5.74) is 8.76. The molecule has 0 radical (unpaired) electrons. The Kier molecular flexibility index (Phi) is 3.67. The lowest BCUT2D eigenvalue weighted by molar-refractivity contribution is 0.612. The second-order valence-electron chi connectivity index (χ2n) is 4.96. The van der Waals surface area contributed by atoms with E-state index in [0.29, 0.717) is 0 Å². The van der Waals surface area contributed by atoms with Crippen molar-refractivity contribution in [2.24, 2.45) is 5.73 Å². The third kappa shape index (κ3) is 2.66. The van der Waals surface area contributed by atoms with E-state index in [1.54, 1.807) is 32.0 Å². The summed E-state index contributed by atoms with van der Waals surface area (Å²) in [7, 11) is 0. The Morgan fingerprint density at radius 3 is 2.16 bits per heavy atom. The summed E-state index contributed by atoms with van der Waals surface area (Å²) in [5.74, 6) is -0.854. The van der Waals surface area contributed by atoms with Crippen LogP contribution in [0.15, 0.2) is 30.3 Å². The molecule has 19 heavy (non-hydrogen) atoms. The molecule has 0 unspecified atom stereocenters. The van der Waals surface area contributed by atoms with Crippen molar-refractivity contribution >= 4 is 0 Å². The molecule has 0 aliphatic carbocycles. The predicted molar refractivity (Wildman–Crippen MR) is 73.9 cm³/mol. The first kappa shape index (κ1) is 13.7. The van der Waals surface area contributed by atoms with Crippen molar-refractivity contribution < 1.29 is 8.78 Å². The highest BCUT2D eigenvalue weighted by molar-refractivity contribution is 5.66. The first-order valence-corrected chi connectivity index (χ1v) is 6.22. The van der Waals surface area contributed by atoms with Crippen molar-refractivity contribution in [1.29, 1.82) is 0 Å². The van der Waals surface area contributed by atoms with Gasteiger partial charge in [-0.25, -0.2) is 8.78 Å². The second kappa shape index (κ2) is 5.10. The first-order chi connectivity index (χ1) is 8.90. The maximum atomic E-state index is 14.1. The fourth-order valence-electron chi connectivity index (χ4n) is 2.23. The Balaban J connectivity index is 2.60. The van der Waals surface area contributed by atoms with E-state index in [1.165, 1.54) is 12.1 Å². The number of aryl methyl sites for hydroxylation is 2. The Hall–Kier alpha value is -1.74.